The number of rotatable bonds is 4. The summed E-state index contributed by atoms with van der Waals surface area (Å²) in [6, 6.07) is 5.46. The van der Waals surface area contributed by atoms with E-state index >= 15 is 0 Å². The van der Waals surface area contributed by atoms with Gasteiger partial charge in [0.15, 0.2) is 11.4 Å². The van der Waals surface area contributed by atoms with Crippen LogP contribution in [0.3, 0.4) is 0 Å². The van der Waals surface area contributed by atoms with E-state index in [-0.39, 0.29) is 17.9 Å². The van der Waals surface area contributed by atoms with Crippen LogP contribution in [-0.4, -0.2) is 31.9 Å². The number of aromatic nitrogens is 3. The second-order valence-corrected chi connectivity index (χ2v) is 3.88. The van der Waals surface area contributed by atoms with Gasteiger partial charge >= 0.3 is 5.97 Å². The number of carbonyl (C=O) groups is 2. The zero-order chi connectivity index (χ0) is 13.8. The molecule has 2 aromatic rings. The Labute approximate surface area is 108 Å². The van der Waals surface area contributed by atoms with Crippen LogP contribution in [0.5, 0.6) is 0 Å². The minimum absolute atomic E-state index is 0.139. The number of aromatic carboxylic acids is 1. The van der Waals surface area contributed by atoms with Crippen LogP contribution in [0.1, 0.15) is 32.4 Å². The van der Waals surface area contributed by atoms with Gasteiger partial charge in [-0.1, -0.05) is 6.07 Å². The van der Waals surface area contributed by atoms with E-state index in [0.29, 0.717) is 5.69 Å². The van der Waals surface area contributed by atoms with E-state index in [1.54, 1.807) is 6.07 Å². The second kappa shape index (κ2) is 5.30. The van der Waals surface area contributed by atoms with Crippen molar-refractivity contribution in [2.45, 2.75) is 13.5 Å². The van der Waals surface area contributed by atoms with Crippen molar-refractivity contribution in [2.24, 2.45) is 0 Å². The predicted molar refractivity (Wildman–Crippen MR) is 65.7 cm³/mol. The first-order valence-corrected chi connectivity index (χ1v) is 5.55. The van der Waals surface area contributed by atoms with Gasteiger partial charge in [0.25, 0.3) is 5.91 Å². The first-order chi connectivity index (χ1) is 9.08. The minimum Gasteiger partial charge on any atom is -0.477 e. The molecule has 98 valence electrons. The van der Waals surface area contributed by atoms with Gasteiger partial charge in [-0.15, -0.1) is 0 Å². The van der Waals surface area contributed by atoms with Gasteiger partial charge in [-0.3, -0.25) is 9.78 Å². The molecule has 0 aromatic carbocycles. The summed E-state index contributed by atoms with van der Waals surface area (Å²) in [5.74, 6) is -1.78. The van der Waals surface area contributed by atoms with Crippen molar-refractivity contribution in [1.82, 2.24) is 20.3 Å². The van der Waals surface area contributed by atoms with Crippen LogP contribution in [0, 0.1) is 6.92 Å². The molecule has 2 aromatic heterocycles. The summed E-state index contributed by atoms with van der Waals surface area (Å²) < 4.78 is 0. The molecule has 0 aliphatic heterocycles. The van der Waals surface area contributed by atoms with Gasteiger partial charge in [0.2, 0.25) is 0 Å². The Kier molecular flexibility index (Phi) is 3.56. The zero-order valence-corrected chi connectivity index (χ0v) is 10.2. The molecule has 0 saturated carbocycles. The maximum Gasteiger partial charge on any atom is 0.354 e. The highest BCUT2D eigenvalue weighted by atomic mass is 16.4. The quantitative estimate of drug-likeness (QED) is 0.751. The van der Waals surface area contributed by atoms with E-state index in [4.69, 9.17) is 5.11 Å². The van der Waals surface area contributed by atoms with E-state index in [9.17, 15) is 9.59 Å². The van der Waals surface area contributed by atoms with E-state index < -0.39 is 11.9 Å². The van der Waals surface area contributed by atoms with Crippen molar-refractivity contribution in [3.63, 3.8) is 0 Å². The SMILES string of the molecule is Cc1cccc(CNC(=O)c2nc[nH]c2C(=O)O)n1. The average Bonchev–Trinajstić information content (AvgIpc) is 2.85. The molecule has 0 fully saturated rings. The van der Waals surface area contributed by atoms with Crippen molar-refractivity contribution in [3.8, 4) is 0 Å². The molecule has 0 atom stereocenters. The Balaban J connectivity index is 2.05. The fraction of sp³-hybridized carbons (Fsp3) is 0.167. The van der Waals surface area contributed by atoms with Crippen LogP contribution in [0.4, 0.5) is 0 Å². The smallest absolute Gasteiger partial charge is 0.354 e. The number of hydrogen-bond donors (Lipinski definition) is 3. The predicted octanol–water partition coefficient (Wildman–Crippen LogP) is 0.741. The fourth-order valence-electron chi connectivity index (χ4n) is 1.58. The molecule has 7 heteroatoms. The zero-order valence-electron chi connectivity index (χ0n) is 10.2. The lowest BCUT2D eigenvalue weighted by Gasteiger charge is -2.04. The highest BCUT2D eigenvalue weighted by molar-refractivity contribution is 6.02. The van der Waals surface area contributed by atoms with Gasteiger partial charge in [0.05, 0.1) is 18.6 Å². The molecule has 0 spiro atoms. The van der Waals surface area contributed by atoms with Crippen LogP contribution < -0.4 is 5.32 Å². The number of hydrogen-bond acceptors (Lipinski definition) is 4. The van der Waals surface area contributed by atoms with Crippen molar-refractivity contribution in [3.05, 3.63) is 47.3 Å². The number of carbonyl (C=O) groups excluding carboxylic acids is 1. The Morgan fingerprint density at radius 1 is 1.42 bits per heavy atom. The normalized spacial score (nSPS) is 10.2. The van der Waals surface area contributed by atoms with Crippen LogP contribution >= 0.6 is 0 Å². The standard InChI is InChI=1S/C12H12N4O3/c1-7-3-2-4-8(16-7)5-13-11(17)9-10(12(18)19)15-6-14-9/h2-4,6H,5H2,1H3,(H,13,17)(H,14,15)(H,18,19). The lowest BCUT2D eigenvalue weighted by molar-refractivity contribution is 0.0685. The summed E-state index contributed by atoms with van der Waals surface area (Å²) in [6.07, 6.45) is 1.17. The maximum absolute atomic E-state index is 11.8. The molecule has 0 aliphatic rings. The number of aryl methyl sites for hydroxylation is 1. The molecule has 19 heavy (non-hydrogen) atoms. The summed E-state index contributed by atoms with van der Waals surface area (Å²) in [5, 5.41) is 11.4. The molecule has 1 amide bonds. The monoisotopic (exact) mass is 260 g/mol. The molecule has 7 nitrogen and oxygen atoms in total. The van der Waals surface area contributed by atoms with Crippen LogP contribution in [0.15, 0.2) is 24.5 Å². The van der Waals surface area contributed by atoms with Gasteiger partial charge < -0.3 is 15.4 Å². The molecular formula is C12H12N4O3. The largest absolute Gasteiger partial charge is 0.477 e. The number of nitrogens with one attached hydrogen (secondary N) is 2. The average molecular weight is 260 g/mol. The lowest BCUT2D eigenvalue weighted by atomic mass is 10.3. The third-order valence-electron chi connectivity index (χ3n) is 2.44. The van der Waals surface area contributed by atoms with E-state index in [1.807, 2.05) is 19.1 Å². The van der Waals surface area contributed by atoms with Crippen LogP contribution in [-0.2, 0) is 6.54 Å². The summed E-state index contributed by atoms with van der Waals surface area (Å²) in [7, 11) is 0. The highest BCUT2D eigenvalue weighted by Crippen LogP contribution is 2.03. The first kappa shape index (κ1) is 12.7. The molecule has 0 bridgehead atoms. The van der Waals surface area contributed by atoms with Gasteiger partial charge in [-0.25, -0.2) is 9.78 Å². The van der Waals surface area contributed by atoms with Crippen molar-refractivity contribution < 1.29 is 14.7 Å². The number of amides is 1. The molecule has 0 radical (unpaired) electrons. The Hall–Kier alpha value is -2.70. The van der Waals surface area contributed by atoms with Gasteiger partial charge in [-0.2, -0.15) is 0 Å². The number of H-pyrrole nitrogens is 1. The topological polar surface area (TPSA) is 108 Å². The van der Waals surface area contributed by atoms with Crippen molar-refractivity contribution in [1.29, 1.82) is 0 Å². The van der Waals surface area contributed by atoms with E-state index in [1.165, 1.54) is 6.33 Å². The first-order valence-electron chi connectivity index (χ1n) is 5.55. The molecule has 0 unspecified atom stereocenters. The van der Waals surface area contributed by atoms with Crippen LogP contribution in [0.2, 0.25) is 0 Å². The number of carboxylic acid groups (broad SMARTS) is 1. The molecule has 3 N–H and O–H groups in total. The third kappa shape index (κ3) is 2.95. The molecular weight excluding hydrogens is 248 g/mol. The summed E-state index contributed by atoms with van der Waals surface area (Å²) in [4.78, 5) is 33.0. The molecule has 0 aliphatic carbocycles. The number of nitrogens with zero attached hydrogens (tertiary/aromatic N) is 2. The summed E-state index contributed by atoms with van der Waals surface area (Å²) in [5.41, 5.74) is 1.17. The molecule has 0 saturated heterocycles. The van der Waals surface area contributed by atoms with Gasteiger partial charge in [0, 0.05) is 5.69 Å². The Morgan fingerprint density at radius 2 is 2.21 bits per heavy atom. The second-order valence-electron chi connectivity index (χ2n) is 3.88. The molecule has 2 rings (SSSR count). The van der Waals surface area contributed by atoms with E-state index in [2.05, 4.69) is 20.3 Å². The summed E-state index contributed by atoms with van der Waals surface area (Å²) >= 11 is 0. The highest BCUT2D eigenvalue weighted by Gasteiger charge is 2.19. The summed E-state index contributed by atoms with van der Waals surface area (Å²) in [6.45, 7) is 2.06. The van der Waals surface area contributed by atoms with E-state index in [0.717, 1.165) is 5.69 Å². The van der Waals surface area contributed by atoms with Crippen molar-refractivity contribution >= 4 is 11.9 Å². The number of carboxylic acids is 1. The Bertz CT molecular complexity index is 621. The third-order valence-corrected chi connectivity index (χ3v) is 2.44. The number of aromatic amines is 1. The van der Waals surface area contributed by atoms with Gasteiger partial charge in [0.1, 0.15) is 0 Å². The van der Waals surface area contributed by atoms with Crippen LogP contribution in [0.25, 0.3) is 0 Å². The Morgan fingerprint density at radius 3 is 2.89 bits per heavy atom. The number of imidazole rings is 1. The number of pyridine rings is 1. The fourth-order valence-corrected chi connectivity index (χ4v) is 1.58. The molecule has 2 heterocycles. The lowest BCUT2D eigenvalue weighted by Crippen LogP contribution is -2.25. The van der Waals surface area contributed by atoms with Gasteiger partial charge in [-0.05, 0) is 19.1 Å². The van der Waals surface area contributed by atoms with Crippen molar-refractivity contribution in [2.75, 3.05) is 0 Å². The maximum atomic E-state index is 11.8. The minimum atomic E-state index is -1.23.